The smallest absolute Gasteiger partial charge is 0.205 e. The molecule has 4 heteroatoms. The normalized spacial score (nSPS) is 15.0. The van der Waals surface area contributed by atoms with E-state index in [0.717, 1.165) is 11.7 Å². The minimum atomic E-state index is 0.699. The molecular formula is C12H13N3S. The Hall–Kier alpha value is -1.42. The van der Waals surface area contributed by atoms with Crippen molar-refractivity contribution in [2.45, 2.75) is 25.3 Å². The lowest BCUT2D eigenvalue weighted by Crippen LogP contribution is -1.98. The van der Waals surface area contributed by atoms with Crippen molar-refractivity contribution in [2.75, 3.05) is 5.32 Å². The average Bonchev–Trinajstić information content (AvgIpc) is 3.08. The van der Waals surface area contributed by atoms with E-state index in [0.29, 0.717) is 5.92 Å². The highest BCUT2D eigenvalue weighted by molar-refractivity contribution is 7.15. The van der Waals surface area contributed by atoms with Gasteiger partial charge >= 0.3 is 0 Å². The van der Waals surface area contributed by atoms with Crippen LogP contribution in [0.5, 0.6) is 0 Å². The second-order valence-corrected chi connectivity index (χ2v) is 5.07. The predicted octanol–water partition coefficient (Wildman–Crippen LogP) is 3.03. The molecule has 0 atom stereocenters. The third-order valence-corrected chi connectivity index (χ3v) is 3.70. The molecule has 0 bridgehead atoms. The standard InChI is InChI=1S/C12H13N3S/c1-2-4-9(5-3-1)8-13-12-15-14-11(16-12)10-6-7-10/h1-5,10H,6-8H2,(H,13,15). The van der Waals surface area contributed by atoms with Crippen molar-refractivity contribution in [3.63, 3.8) is 0 Å². The van der Waals surface area contributed by atoms with E-state index in [4.69, 9.17) is 0 Å². The molecule has 1 aromatic heterocycles. The maximum absolute atomic E-state index is 4.20. The second kappa shape index (κ2) is 4.22. The van der Waals surface area contributed by atoms with Crippen molar-refractivity contribution in [2.24, 2.45) is 0 Å². The van der Waals surface area contributed by atoms with Crippen LogP contribution in [0.4, 0.5) is 5.13 Å². The number of anilines is 1. The largest absolute Gasteiger partial charge is 0.356 e. The molecule has 3 nitrogen and oxygen atoms in total. The Kier molecular flexibility index (Phi) is 2.58. The predicted molar refractivity (Wildman–Crippen MR) is 65.7 cm³/mol. The molecule has 0 spiro atoms. The highest BCUT2D eigenvalue weighted by Gasteiger charge is 2.27. The quantitative estimate of drug-likeness (QED) is 0.879. The van der Waals surface area contributed by atoms with Gasteiger partial charge in [0.25, 0.3) is 0 Å². The number of benzene rings is 1. The van der Waals surface area contributed by atoms with Gasteiger partial charge in [0.15, 0.2) is 0 Å². The Balaban J connectivity index is 1.61. The maximum Gasteiger partial charge on any atom is 0.205 e. The Morgan fingerprint density at radius 3 is 2.75 bits per heavy atom. The molecule has 1 N–H and O–H groups in total. The summed E-state index contributed by atoms with van der Waals surface area (Å²) in [5, 5.41) is 13.8. The fraction of sp³-hybridized carbons (Fsp3) is 0.333. The molecule has 0 saturated heterocycles. The molecule has 82 valence electrons. The summed E-state index contributed by atoms with van der Waals surface area (Å²) in [7, 11) is 0. The minimum absolute atomic E-state index is 0.699. The van der Waals surface area contributed by atoms with Gasteiger partial charge in [-0.05, 0) is 18.4 Å². The van der Waals surface area contributed by atoms with Gasteiger partial charge in [-0.2, -0.15) is 0 Å². The van der Waals surface area contributed by atoms with Gasteiger partial charge in [0.1, 0.15) is 5.01 Å². The van der Waals surface area contributed by atoms with Gasteiger partial charge in [-0.15, -0.1) is 10.2 Å². The van der Waals surface area contributed by atoms with Crippen LogP contribution in [0.3, 0.4) is 0 Å². The molecule has 0 amide bonds. The van der Waals surface area contributed by atoms with Crippen LogP contribution >= 0.6 is 11.3 Å². The molecule has 1 aliphatic carbocycles. The third-order valence-electron chi connectivity index (χ3n) is 2.65. The monoisotopic (exact) mass is 231 g/mol. The minimum Gasteiger partial charge on any atom is -0.356 e. The van der Waals surface area contributed by atoms with E-state index in [1.165, 1.54) is 23.4 Å². The molecule has 16 heavy (non-hydrogen) atoms. The van der Waals surface area contributed by atoms with Crippen molar-refractivity contribution in [3.8, 4) is 0 Å². The van der Waals surface area contributed by atoms with E-state index in [1.807, 2.05) is 18.2 Å². The first-order valence-corrected chi connectivity index (χ1v) is 6.34. The van der Waals surface area contributed by atoms with Crippen molar-refractivity contribution in [1.82, 2.24) is 10.2 Å². The SMILES string of the molecule is c1ccc(CNc2nnc(C3CC3)s2)cc1. The Bertz CT molecular complexity index is 462. The van der Waals surface area contributed by atoms with Crippen LogP contribution in [0.15, 0.2) is 30.3 Å². The first-order chi connectivity index (χ1) is 7.92. The molecule has 1 aliphatic rings. The molecule has 1 saturated carbocycles. The molecule has 1 aromatic carbocycles. The van der Waals surface area contributed by atoms with Crippen molar-refractivity contribution in [3.05, 3.63) is 40.9 Å². The van der Waals surface area contributed by atoms with Crippen LogP contribution in [0.25, 0.3) is 0 Å². The fourth-order valence-electron chi connectivity index (χ4n) is 1.57. The zero-order valence-corrected chi connectivity index (χ0v) is 9.70. The molecule has 1 heterocycles. The molecule has 3 rings (SSSR count). The maximum atomic E-state index is 4.20. The molecule has 1 fully saturated rings. The number of hydrogen-bond acceptors (Lipinski definition) is 4. The summed E-state index contributed by atoms with van der Waals surface area (Å²) >= 11 is 1.69. The lowest BCUT2D eigenvalue weighted by Gasteiger charge is -2.00. The first-order valence-electron chi connectivity index (χ1n) is 5.53. The number of nitrogens with one attached hydrogen (secondary N) is 1. The second-order valence-electron chi connectivity index (χ2n) is 4.06. The zero-order chi connectivity index (χ0) is 10.8. The summed E-state index contributed by atoms with van der Waals surface area (Å²) in [6.07, 6.45) is 2.57. The van der Waals surface area contributed by atoms with Crippen molar-refractivity contribution < 1.29 is 0 Å². The molecular weight excluding hydrogens is 218 g/mol. The molecule has 0 radical (unpaired) electrons. The van der Waals surface area contributed by atoms with E-state index in [2.05, 4.69) is 27.6 Å². The highest BCUT2D eigenvalue weighted by Crippen LogP contribution is 2.42. The lowest BCUT2D eigenvalue weighted by molar-refractivity contribution is 0.968. The lowest BCUT2D eigenvalue weighted by atomic mass is 10.2. The number of nitrogens with zero attached hydrogens (tertiary/aromatic N) is 2. The third kappa shape index (κ3) is 2.22. The van der Waals surface area contributed by atoms with E-state index < -0.39 is 0 Å². The molecule has 2 aromatic rings. The summed E-state index contributed by atoms with van der Waals surface area (Å²) in [6, 6.07) is 10.3. The van der Waals surface area contributed by atoms with Crippen LogP contribution < -0.4 is 5.32 Å². The fourth-order valence-corrected chi connectivity index (χ4v) is 2.48. The Morgan fingerprint density at radius 1 is 1.19 bits per heavy atom. The molecule has 0 aliphatic heterocycles. The van der Waals surface area contributed by atoms with E-state index in [9.17, 15) is 0 Å². The number of aromatic nitrogens is 2. The van der Waals surface area contributed by atoms with Gasteiger partial charge in [-0.3, -0.25) is 0 Å². The van der Waals surface area contributed by atoms with Crippen molar-refractivity contribution >= 4 is 16.5 Å². The topological polar surface area (TPSA) is 37.8 Å². The highest BCUT2D eigenvalue weighted by atomic mass is 32.1. The van der Waals surface area contributed by atoms with Gasteiger partial charge in [0.05, 0.1) is 0 Å². The Morgan fingerprint density at radius 2 is 2.00 bits per heavy atom. The van der Waals surface area contributed by atoms with Gasteiger partial charge in [-0.1, -0.05) is 41.7 Å². The zero-order valence-electron chi connectivity index (χ0n) is 8.89. The summed E-state index contributed by atoms with van der Waals surface area (Å²) in [6.45, 7) is 0.820. The van der Waals surface area contributed by atoms with Crippen LogP contribution in [0.1, 0.15) is 29.3 Å². The van der Waals surface area contributed by atoms with Gasteiger partial charge in [0, 0.05) is 12.5 Å². The number of hydrogen-bond donors (Lipinski definition) is 1. The van der Waals surface area contributed by atoms with E-state index in [1.54, 1.807) is 11.3 Å². The molecule has 0 unspecified atom stereocenters. The van der Waals surface area contributed by atoms with Gasteiger partial charge in [0.2, 0.25) is 5.13 Å². The summed E-state index contributed by atoms with van der Waals surface area (Å²) in [5.74, 6) is 0.699. The van der Waals surface area contributed by atoms with E-state index >= 15 is 0 Å². The van der Waals surface area contributed by atoms with Crippen LogP contribution in [0, 0.1) is 0 Å². The van der Waals surface area contributed by atoms with Gasteiger partial charge in [-0.25, -0.2) is 0 Å². The summed E-state index contributed by atoms with van der Waals surface area (Å²) in [4.78, 5) is 0. The van der Waals surface area contributed by atoms with Crippen molar-refractivity contribution in [1.29, 1.82) is 0 Å². The van der Waals surface area contributed by atoms with Gasteiger partial charge < -0.3 is 5.32 Å². The summed E-state index contributed by atoms with van der Waals surface area (Å²) in [5.41, 5.74) is 1.27. The number of rotatable bonds is 4. The average molecular weight is 231 g/mol. The Labute approximate surface area is 98.5 Å². The van der Waals surface area contributed by atoms with Crippen LogP contribution in [0.2, 0.25) is 0 Å². The first kappa shape index (κ1) is 9.78. The van der Waals surface area contributed by atoms with E-state index in [-0.39, 0.29) is 0 Å². The van der Waals surface area contributed by atoms with Crippen LogP contribution in [-0.2, 0) is 6.54 Å². The summed E-state index contributed by atoms with van der Waals surface area (Å²) < 4.78 is 0. The van der Waals surface area contributed by atoms with Crippen LogP contribution in [-0.4, -0.2) is 10.2 Å².